The van der Waals surface area contributed by atoms with Crippen LogP contribution >= 0.6 is 0 Å². The van der Waals surface area contributed by atoms with E-state index in [1.807, 2.05) is 0 Å². The summed E-state index contributed by atoms with van der Waals surface area (Å²) in [5.41, 5.74) is -0.730. The molecule has 0 unspecified atom stereocenters. The molecule has 0 aromatic carbocycles. The first-order valence-corrected chi connectivity index (χ1v) is 13.1. The zero-order chi connectivity index (χ0) is 23.5. The quantitative estimate of drug-likeness (QED) is 0.310. The highest BCUT2D eigenvalue weighted by Gasteiger charge is 2.34. The summed E-state index contributed by atoms with van der Waals surface area (Å²) in [5, 5.41) is 6.73. The number of ether oxygens (including phenoxy) is 2. The minimum atomic E-state index is -0.365. The maximum Gasteiger partial charge on any atom is 0.306 e. The number of hydrogen-bond acceptors (Lipinski definition) is 6. The molecule has 0 spiro atoms. The van der Waals surface area contributed by atoms with Gasteiger partial charge in [0.1, 0.15) is 11.2 Å². The van der Waals surface area contributed by atoms with Crippen LogP contribution < -0.4 is 10.6 Å². The molecule has 6 nitrogen and oxygen atoms in total. The predicted molar refractivity (Wildman–Crippen MR) is 128 cm³/mol. The lowest BCUT2D eigenvalue weighted by Gasteiger charge is -2.36. The van der Waals surface area contributed by atoms with Crippen LogP contribution in [0.25, 0.3) is 0 Å². The Morgan fingerprint density at radius 2 is 0.938 bits per heavy atom. The van der Waals surface area contributed by atoms with Crippen molar-refractivity contribution in [2.24, 2.45) is 11.8 Å². The van der Waals surface area contributed by atoms with Crippen molar-refractivity contribution in [3.05, 3.63) is 0 Å². The van der Waals surface area contributed by atoms with E-state index in [0.29, 0.717) is 24.7 Å². The maximum absolute atomic E-state index is 12.2. The molecule has 0 saturated carbocycles. The molecule has 2 N–H and O–H groups in total. The minimum Gasteiger partial charge on any atom is -0.459 e. The number of esters is 2. The van der Waals surface area contributed by atoms with Crippen molar-refractivity contribution >= 4 is 11.9 Å². The average Bonchev–Trinajstić information content (AvgIpc) is 2.76. The van der Waals surface area contributed by atoms with E-state index in [1.165, 1.54) is 0 Å². The lowest BCUT2D eigenvalue weighted by molar-refractivity contribution is -0.164. The fourth-order valence-electron chi connectivity index (χ4n) is 5.14. The van der Waals surface area contributed by atoms with E-state index in [0.717, 1.165) is 90.4 Å². The molecular weight excluding hydrogens is 404 g/mol. The number of carbonyl (C=O) groups excluding carboxylic acids is 2. The summed E-state index contributed by atoms with van der Waals surface area (Å²) in [6, 6.07) is 0. The second kappa shape index (κ2) is 13.5. The lowest BCUT2D eigenvalue weighted by Crippen LogP contribution is -2.42. The topological polar surface area (TPSA) is 76.7 Å². The molecule has 2 rings (SSSR count). The first-order chi connectivity index (χ1) is 15.2. The standard InChI is InChI=1S/C26H48N2O4/c1-25(2,21-13-17-27-18-14-21)31-23(29)11-9-7-5-6-8-10-12-24(30)32-26(3,4)22-15-19-28-20-16-22/h21-22,27-28H,5-20H2,1-4H3. The van der Waals surface area contributed by atoms with E-state index in [9.17, 15) is 9.59 Å². The Labute approximate surface area is 196 Å². The highest BCUT2D eigenvalue weighted by molar-refractivity contribution is 5.70. The number of hydrogen-bond donors (Lipinski definition) is 2. The number of carbonyl (C=O) groups is 2. The normalized spacial score (nSPS) is 19.0. The van der Waals surface area contributed by atoms with Crippen LogP contribution in [0.1, 0.15) is 105 Å². The van der Waals surface area contributed by atoms with E-state index in [-0.39, 0.29) is 23.1 Å². The Morgan fingerprint density at radius 3 is 1.28 bits per heavy atom. The van der Waals surface area contributed by atoms with Crippen LogP contribution in [0.4, 0.5) is 0 Å². The predicted octanol–water partition coefficient (Wildman–Crippen LogP) is 4.75. The van der Waals surface area contributed by atoms with Crippen LogP contribution in [0.15, 0.2) is 0 Å². The first kappa shape index (κ1) is 27.1. The molecule has 2 aliphatic heterocycles. The summed E-state index contributed by atoms with van der Waals surface area (Å²) in [5.74, 6) is 0.773. The van der Waals surface area contributed by atoms with Gasteiger partial charge in [0.15, 0.2) is 0 Å². The van der Waals surface area contributed by atoms with Gasteiger partial charge in [0.05, 0.1) is 0 Å². The van der Waals surface area contributed by atoms with Crippen molar-refractivity contribution in [1.82, 2.24) is 10.6 Å². The monoisotopic (exact) mass is 452 g/mol. The van der Waals surface area contributed by atoms with E-state index < -0.39 is 0 Å². The largest absolute Gasteiger partial charge is 0.459 e. The van der Waals surface area contributed by atoms with Gasteiger partial charge < -0.3 is 20.1 Å². The summed E-state index contributed by atoms with van der Waals surface area (Å²) in [6.45, 7) is 12.3. The van der Waals surface area contributed by atoms with Crippen LogP contribution in [0.3, 0.4) is 0 Å². The van der Waals surface area contributed by atoms with E-state index in [2.05, 4.69) is 38.3 Å². The third-order valence-electron chi connectivity index (χ3n) is 7.41. The van der Waals surface area contributed by atoms with E-state index >= 15 is 0 Å². The first-order valence-electron chi connectivity index (χ1n) is 13.1. The zero-order valence-electron chi connectivity index (χ0n) is 21.1. The maximum atomic E-state index is 12.2. The van der Waals surface area contributed by atoms with Crippen molar-refractivity contribution in [3.63, 3.8) is 0 Å². The van der Waals surface area contributed by atoms with Crippen LogP contribution in [0.5, 0.6) is 0 Å². The van der Waals surface area contributed by atoms with Crippen molar-refractivity contribution in [1.29, 1.82) is 0 Å². The molecule has 0 atom stereocenters. The summed E-state index contributed by atoms with van der Waals surface area (Å²) in [4.78, 5) is 24.5. The summed E-state index contributed by atoms with van der Waals surface area (Å²) in [7, 11) is 0. The summed E-state index contributed by atoms with van der Waals surface area (Å²) in [6.07, 6.45) is 11.3. The van der Waals surface area contributed by atoms with E-state index in [1.54, 1.807) is 0 Å². The van der Waals surface area contributed by atoms with Gasteiger partial charge in [-0.2, -0.15) is 0 Å². The molecule has 0 amide bonds. The highest BCUT2D eigenvalue weighted by atomic mass is 16.6. The molecule has 186 valence electrons. The number of nitrogens with one attached hydrogen (secondary N) is 2. The van der Waals surface area contributed by atoms with Crippen LogP contribution in [0.2, 0.25) is 0 Å². The van der Waals surface area contributed by atoms with Crippen LogP contribution in [-0.2, 0) is 19.1 Å². The smallest absolute Gasteiger partial charge is 0.306 e. The second-order valence-corrected chi connectivity index (χ2v) is 10.8. The molecule has 32 heavy (non-hydrogen) atoms. The van der Waals surface area contributed by atoms with Crippen LogP contribution in [0, 0.1) is 11.8 Å². The molecule has 0 aromatic heterocycles. The van der Waals surface area contributed by atoms with Gasteiger partial charge in [0.2, 0.25) is 0 Å². The Hall–Kier alpha value is -1.14. The molecule has 0 aliphatic carbocycles. The van der Waals surface area contributed by atoms with Gasteiger partial charge >= 0.3 is 11.9 Å². The van der Waals surface area contributed by atoms with Gasteiger partial charge in [0.25, 0.3) is 0 Å². The Morgan fingerprint density at radius 1 is 0.625 bits per heavy atom. The molecule has 0 bridgehead atoms. The Balaban J connectivity index is 1.47. The van der Waals surface area contributed by atoms with Crippen molar-refractivity contribution in [2.45, 2.75) is 116 Å². The average molecular weight is 453 g/mol. The van der Waals surface area contributed by atoms with Crippen molar-refractivity contribution < 1.29 is 19.1 Å². The fourth-order valence-corrected chi connectivity index (χ4v) is 5.14. The van der Waals surface area contributed by atoms with Gasteiger partial charge in [0, 0.05) is 24.7 Å². The molecule has 0 aromatic rings. The summed E-state index contributed by atoms with van der Waals surface area (Å²) < 4.78 is 11.6. The van der Waals surface area contributed by atoms with Gasteiger partial charge in [-0.25, -0.2) is 0 Å². The number of piperidine rings is 2. The molecule has 0 radical (unpaired) electrons. The molecule has 2 saturated heterocycles. The van der Waals surface area contributed by atoms with Gasteiger partial charge in [-0.15, -0.1) is 0 Å². The van der Waals surface area contributed by atoms with Gasteiger partial charge in [-0.1, -0.05) is 25.7 Å². The lowest BCUT2D eigenvalue weighted by atomic mass is 9.83. The Kier molecular flexibility index (Phi) is 11.5. The fraction of sp³-hybridized carbons (Fsp3) is 0.923. The van der Waals surface area contributed by atoms with Gasteiger partial charge in [-0.3, -0.25) is 9.59 Å². The number of rotatable bonds is 13. The summed E-state index contributed by atoms with van der Waals surface area (Å²) >= 11 is 0. The van der Waals surface area contributed by atoms with Gasteiger partial charge in [-0.05, 0) is 92.4 Å². The SMILES string of the molecule is CC(C)(OC(=O)CCCCCCCCC(=O)OC(C)(C)C1CCNCC1)C1CCNCC1. The minimum absolute atomic E-state index is 0.0624. The third-order valence-corrected chi connectivity index (χ3v) is 7.41. The second-order valence-electron chi connectivity index (χ2n) is 10.8. The molecule has 2 aliphatic rings. The van der Waals surface area contributed by atoms with Crippen molar-refractivity contribution in [3.8, 4) is 0 Å². The molecule has 2 heterocycles. The molecule has 6 heteroatoms. The number of unbranched alkanes of at least 4 members (excludes halogenated alkanes) is 5. The highest BCUT2D eigenvalue weighted by Crippen LogP contribution is 2.30. The van der Waals surface area contributed by atoms with Crippen LogP contribution in [-0.4, -0.2) is 49.3 Å². The zero-order valence-corrected chi connectivity index (χ0v) is 21.1. The molecular formula is C26H48N2O4. The van der Waals surface area contributed by atoms with Crippen molar-refractivity contribution in [2.75, 3.05) is 26.2 Å². The third kappa shape index (κ3) is 9.78. The molecule has 2 fully saturated rings. The van der Waals surface area contributed by atoms with E-state index in [4.69, 9.17) is 9.47 Å². The Bertz CT molecular complexity index is 514.